The second-order valence-electron chi connectivity index (χ2n) is 9.20. The van der Waals surface area contributed by atoms with Crippen molar-refractivity contribution in [3.05, 3.63) is 30.2 Å². The molecule has 0 radical (unpaired) electrons. The van der Waals surface area contributed by atoms with Gasteiger partial charge in [-0.15, -0.1) is 0 Å². The Morgan fingerprint density at radius 1 is 1.18 bits per heavy atom. The molecule has 2 aromatic rings. The van der Waals surface area contributed by atoms with Crippen molar-refractivity contribution in [1.29, 1.82) is 0 Å². The fourth-order valence-corrected chi connectivity index (χ4v) is 4.46. The van der Waals surface area contributed by atoms with Crippen LogP contribution in [0.1, 0.15) is 64.5 Å². The summed E-state index contributed by atoms with van der Waals surface area (Å²) in [5.41, 5.74) is 2.72. The highest BCUT2D eigenvalue weighted by Crippen LogP contribution is 2.30. The van der Waals surface area contributed by atoms with Crippen molar-refractivity contribution < 1.29 is 23.7 Å². The Labute approximate surface area is 195 Å². The van der Waals surface area contributed by atoms with Crippen LogP contribution in [0.3, 0.4) is 0 Å². The molecule has 0 amide bonds. The minimum absolute atomic E-state index is 0.00559. The lowest BCUT2D eigenvalue weighted by Gasteiger charge is -2.28. The highest BCUT2D eigenvalue weighted by Gasteiger charge is 2.30. The van der Waals surface area contributed by atoms with E-state index in [9.17, 15) is 4.79 Å². The molecule has 1 saturated carbocycles. The molecule has 0 N–H and O–H groups in total. The van der Waals surface area contributed by atoms with E-state index in [1.807, 2.05) is 43.9 Å². The highest BCUT2D eigenvalue weighted by atomic mass is 16.7. The van der Waals surface area contributed by atoms with Crippen LogP contribution in [0.5, 0.6) is 5.75 Å². The van der Waals surface area contributed by atoms with Gasteiger partial charge in [-0.25, -0.2) is 0 Å². The van der Waals surface area contributed by atoms with Crippen LogP contribution < -0.4 is 4.74 Å². The van der Waals surface area contributed by atoms with Crippen LogP contribution >= 0.6 is 0 Å². The molecule has 8 heteroatoms. The first-order chi connectivity index (χ1) is 16.0. The molecule has 1 aliphatic heterocycles. The van der Waals surface area contributed by atoms with Crippen molar-refractivity contribution in [3.8, 4) is 17.0 Å². The minimum Gasteiger partial charge on any atom is -0.489 e. The molecular formula is C25H35N3O5. The van der Waals surface area contributed by atoms with Crippen molar-refractivity contribution in [2.75, 3.05) is 6.61 Å². The fraction of sp³-hybridized carbons (Fsp3) is 0.640. The van der Waals surface area contributed by atoms with E-state index in [1.165, 1.54) is 0 Å². The Kier molecular flexibility index (Phi) is 7.98. The quantitative estimate of drug-likeness (QED) is 0.543. The molecule has 4 rings (SSSR count). The Morgan fingerprint density at radius 2 is 2.06 bits per heavy atom. The normalized spacial score (nSPS) is 23.5. The van der Waals surface area contributed by atoms with E-state index in [1.54, 1.807) is 6.20 Å². The molecule has 33 heavy (non-hydrogen) atoms. The van der Waals surface area contributed by atoms with Crippen molar-refractivity contribution in [2.24, 2.45) is 13.0 Å². The number of esters is 1. The number of nitrogens with zero attached hydrogens (tertiary/aromatic N) is 3. The number of aromatic nitrogens is 3. The second kappa shape index (κ2) is 11.1. The first-order valence-corrected chi connectivity index (χ1v) is 12.1. The van der Waals surface area contributed by atoms with E-state index in [-0.39, 0.29) is 30.4 Å². The summed E-state index contributed by atoms with van der Waals surface area (Å²) < 4.78 is 25.0. The molecular weight excluding hydrogens is 422 g/mol. The lowest BCUT2D eigenvalue weighted by atomic mass is 9.87. The van der Waals surface area contributed by atoms with Gasteiger partial charge in [-0.3, -0.25) is 14.5 Å². The summed E-state index contributed by atoms with van der Waals surface area (Å²) in [5, 5.41) is 4.40. The standard InChI is InChI=1S/C25H35N3O5/c1-17(2)32-25(29)18-7-6-8-19(13-18)33-20-10-11-22(26-14-20)21-15-27-28(3)23(21)16-31-24-9-4-5-12-30-24/h10-11,14-15,17-19,24H,4-9,12-13,16H2,1-3H3. The van der Waals surface area contributed by atoms with E-state index in [2.05, 4.69) is 10.1 Å². The number of rotatable bonds is 8. The number of hydrogen-bond acceptors (Lipinski definition) is 7. The zero-order valence-electron chi connectivity index (χ0n) is 19.9. The Balaban J connectivity index is 1.36. The largest absolute Gasteiger partial charge is 0.489 e. The zero-order chi connectivity index (χ0) is 23.2. The fourth-order valence-electron chi connectivity index (χ4n) is 4.46. The van der Waals surface area contributed by atoms with Crippen LogP contribution in [0.25, 0.3) is 11.3 Å². The van der Waals surface area contributed by atoms with Gasteiger partial charge in [-0.05, 0) is 70.9 Å². The molecule has 2 aliphatic rings. The molecule has 3 unspecified atom stereocenters. The third-order valence-electron chi connectivity index (χ3n) is 6.23. The van der Waals surface area contributed by atoms with Gasteiger partial charge in [0.25, 0.3) is 0 Å². The maximum Gasteiger partial charge on any atom is 0.309 e. The van der Waals surface area contributed by atoms with Gasteiger partial charge < -0.3 is 18.9 Å². The molecule has 8 nitrogen and oxygen atoms in total. The van der Waals surface area contributed by atoms with E-state index >= 15 is 0 Å². The molecule has 0 spiro atoms. The summed E-state index contributed by atoms with van der Waals surface area (Å²) in [7, 11) is 1.91. The van der Waals surface area contributed by atoms with E-state index < -0.39 is 0 Å². The third kappa shape index (κ3) is 6.32. The van der Waals surface area contributed by atoms with E-state index in [4.69, 9.17) is 18.9 Å². The predicted octanol–water partition coefficient (Wildman–Crippen LogP) is 4.41. The van der Waals surface area contributed by atoms with Crippen LogP contribution in [0, 0.1) is 5.92 Å². The summed E-state index contributed by atoms with van der Waals surface area (Å²) in [6, 6.07) is 3.88. The van der Waals surface area contributed by atoms with Gasteiger partial charge in [0.2, 0.25) is 0 Å². The van der Waals surface area contributed by atoms with Gasteiger partial charge in [0.15, 0.2) is 6.29 Å². The van der Waals surface area contributed by atoms with Crippen molar-refractivity contribution >= 4 is 5.97 Å². The van der Waals surface area contributed by atoms with Crippen molar-refractivity contribution in [3.63, 3.8) is 0 Å². The number of carbonyl (C=O) groups is 1. The summed E-state index contributed by atoms with van der Waals surface area (Å²) in [4.78, 5) is 16.9. The first kappa shape index (κ1) is 23.7. The van der Waals surface area contributed by atoms with Crippen LogP contribution in [0.4, 0.5) is 0 Å². The van der Waals surface area contributed by atoms with Crippen LogP contribution in [0.15, 0.2) is 24.5 Å². The molecule has 2 aromatic heterocycles. The molecule has 3 heterocycles. The lowest BCUT2D eigenvalue weighted by Crippen LogP contribution is -2.31. The SMILES string of the molecule is CC(C)OC(=O)C1CCCC(Oc2ccc(-c3cnn(C)c3COC3CCCCO3)nc2)C1. The van der Waals surface area contributed by atoms with Crippen LogP contribution in [-0.4, -0.2) is 45.8 Å². The summed E-state index contributed by atoms with van der Waals surface area (Å²) >= 11 is 0. The molecule has 3 atom stereocenters. The van der Waals surface area contributed by atoms with Gasteiger partial charge in [-0.2, -0.15) is 5.10 Å². The highest BCUT2D eigenvalue weighted by molar-refractivity contribution is 5.72. The number of aryl methyl sites for hydroxylation is 1. The smallest absolute Gasteiger partial charge is 0.309 e. The first-order valence-electron chi connectivity index (χ1n) is 12.1. The molecule has 1 saturated heterocycles. The topological polar surface area (TPSA) is 84.7 Å². The summed E-state index contributed by atoms with van der Waals surface area (Å²) in [5.74, 6) is 0.500. The van der Waals surface area contributed by atoms with Crippen molar-refractivity contribution in [1.82, 2.24) is 14.8 Å². The zero-order valence-corrected chi connectivity index (χ0v) is 19.9. The van der Waals surface area contributed by atoms with Gasteiger partial charge in [0.1, 0.15) is 5.75 Å². The van der Waals surface area contributed by atoms with Gasteiger partial charge in [-0.1, -0.05) is 0 Å². The maximum absolute atomic E-state index is 12.3. The maximum atomic E-state index is 12.3. The van der Waals surface area contributed by atoms with Crippen LogP contribution in [0.2, 0.25) is 0 Å². The number of hydrogen-bond donors (Lipinski definition) is 0. The Hall–Kier alpha value is -2.45. The van der Waals surface area contributed by atoms with Gasteiger partial charge in [0, 0.05) is 19.2 Å². The lowest BCUT2D eigenvalue weighted by molar-refractivity contribution is -0.169. The minimum atomic E-state index is -0.151. The Morgan fingerprint density at radius 3 is 2.79 bits per heavy atom. The second-order valence-corrected chi connectivity index (χ2v) is 9.20. The van der Waals surface area contributed by atoms with Crippen molar-refractivity contribution in [2.45, 2.75) is 83.9 Å². The molecule has 0 aromatic carbocycles. The number of ether oxygens (including phenoxy) is 4. The monoisotopic (exact) mass is 457 g/mol. The molecule has 2 fully saturated rings. The molecule has 0 bridgehead atoms. The van der Waals surface area contributed by atoms with E-state index in [0.29, 0.717) is 18.8 Å². The summed E-state index contributed by atoms with van der Waals surface area (Å²) in [6.07, 6.45) is 9.90. The third-order valence-corrected chi connectivity index (χ3v) is 6.23. The molecule has 180 valence electrons. The van der Waals surface area contributed by atoms with Gasteiger partial charge >= 0.3 is 5.97 Å². The predicted molar refractivity (Wildman–Crippen MR) is 122 cm³/mol. The number of carbonyl (C=O) groups excluding carboxylic acids is 1. The van der Waals surface area contributed by atoms with Crippen LogP contribution in [-0.2, 0) is 32.7 Å². The van der Waals surface area contributed by atoms with Gasteiger partial charge in [0.05, 0.1) is 48.5 Å². The molecule has 1 aliphatic carbocycles. The summed E-state index contributed by atoms with van der Waals surface area (Å²) in [6.45, 7) is 4.94. The average Bonchev–Trinajstić information content (AvgIpc) is 3.19. The van der Waals surface area contributed by atoms with E-state index in [0.717, 1.165) is 62.1 Å². The number of pyridine rings is 1. The average molecular weight is 458 g/mol. The Bertz CT molecular complexity index is 905.